The third kappa shape index (κ3) is 4.07. The second kappa shape index (κ2) is 7.45. The van der Waals surface area contributed by atoms with Crippen LogP contribution < -0.4 is 10.1 Å². The summed E-state index contributed by atoms with van der Waals surface area (Å²) in [6.45, 7) is 0.590. The van der Waals surface area contributed by atoms with Gasteiger partial charge in [-0.05, 0) is 23.3 Å². The summed E-state index contributed by atoms with van der Waals surface area (Å²) in [5.74, 6) is 0.446. The lowest BCUT2D eigenvalue weighted by Gasteiger charge is -2.17. The molecule has 0 fully saturated rings. The summed E-state index contributed by atoms with van der Waals surface area (Å²) < 4.78 is 10.0. The van der Waals surface area contributed by atoms with Crippen LogP contribution in [0, 0.1) is 0 Å². The number of benzene rings is 2. The molecular weight excluding hydrogens is 266 g/mol. The first-order valence-corrected chi connectivity index (χ1v) is 6.73. The van der Waals surface area contributed by atoms with Crippen LogP contribution in [0.2, 0.25) is 0 Å². The van der Waals surface area contributed by atoms with E-state index in [1.54, 1.807) is 7.11 Å². The number of hydrogen-bond donors (Lipinski definition) is 1. The van der Waals surface area contributed by atoms with Crippen molar-refractivity contribution in [3.05, 3.63) is 65.7 Å². The molecule has 1 unspecified atom stereocenters. The van der Waals surface area contributed by atoms with Crippen LogP contribution in [0.4, 0.5) is 0 Å². The van der Waals surface area contributed by atoms with Crippen molar-refractivity contribution in [2.75, 3.05) is 14.2 Å². The summed E-state index contributed by atoms with van der Waals surface area (Å²) in [4.78, 5) is 12.0. The Morgan fingerprint density at radius 3 is 2.29 bits per heavy atom. The zero-order chi connectivity index (χ0) is 15.1. The van der Waals surface area contributed by atoms with Crippen LogP contribution in [0.25, 0.3) is 0 Å². The van der Waals surface area contributed by atoms with E-state index in [-0.39, 0.29) is 5.97 Å². The maximum Gasteiger partial charge on any atom is 0.327 e. The molecule has 0 heterocycles. The maximum absolute atomic E-state index is 12.0. The quantitative estimate of drug-likeness (QED) is 0.829. The van der Waals surface area contributed by atoms with Gasteiger partial charge in [0.1, 0.15) is 11.8 Å². The van der Waals surface area contributed by atoms with Crippen molar-refractivity contribution in [3.63, 3.8) is 0 Å². The van der Waals surface area contributed by atoms with E-state index in [1.165, 1.54) is 7.11 Å². The zero-order valence-corrected chi connectivity index (χ0v) is 12.2. The molecule has 0 saturated carbocycles. The number of carbonyl (C=O) groups is 1. The third-order valence-electron chi connectivity index (χ3n) is 3.24. The van der Waals surface area contributed by atoms with Gasteiger partial charge in [0.2, 0.25) is 0 Å². The van der Waals surface area contributed by atoms with Crippen LogP contribution in [-0.4, -0.2) is 20.2 Å². The SMILES string of the molecule is COC(=O)C(NCc1ccccc1)c1ccc(OC)cc1. The van der Waals surface area contributed by atoms with Gasteiger partial charge in [-0.25, -0.2) is 4.79 Å². The molecule has 0 spiro atoms. The van der Waals surface area contributed by atoms with Gasteiger partial charge in [0.15, 0.2) is 0 Å². The summed E-state index contributed by atoms with van der Waals surface area (Å²) in [7, 11) is 3.00. The van der Waals surface area contributed by atoms with Crippen molar-refractivity contribution in [2.45, 2.75) is 12.6 Å². The van der Waals surface area contributed by atoms with E-state index in [2.05, 4.69) is 5.32 Å². The Bertz CT molecular complexity index is 566. The maximum atomic E-state index is 12.0. The Labute approximate surface area is 124 Å². The Morgan fingerprint density at radius 2 is 1.71 bits per heavy atom. The van der Waals surface area contributed by atoms with Gasteiger partial charge in [-0.1, -0.05) is 42.5 Å². The van der Waals surface area contributed by atoms with Crippen molar-refractivity contribution >= 4 is 5.97 Å². The lowest BCUT2D eigenvalue weighted by Crippen LogP contribution is -2.29. The van der Waals surface area contributed by atoms with Crippen molar-refractivity contribution in [1.29, 1.82) is 0 Å². The predicted molar refractivity (Wildman–Crippen MR) is 81.0 cm³/mol. The smallest absolute Gasteiger partial charge is 0.327 e. The fraction of sp³-hybridized carbons (Fsp3) is 0.235. The molecule has 1 atom stereocenters. The highest BCUT2D eigenvalue weighted by Gasteiger charge is 2.20. The Balaban J connectivity index is 2.12. The zero-order valence-electron chi connectivity index (χ0n) is 12.2. The molecule has 0 aliphatic heterocycles. The summed E-state index contributed by atoms with van der Waals surface area (Å²) in [6.07, 6.45) is 0. The van der Waals surface area contributed by atoms with Gasteiger partial charge < -0.3 is 9.47 Å². The first-order valence-electron chi connectivity index (χ1n) is 6.73. The first kappa shape index (κ1) is 15.1. The van der Waals surface area contributed by atoms with E-state index in [0.717, 1.165) is 16.9 Å². The fourth-order valence-electron chi connectivity index (χ4n) is 2.07. The summed E-state index contributed by atoms with van der Waals surface area (Å²) in [6, 6.07) is 16.8. The number of esters is 1. The molecule has 2 aromatic rings. The topological polar surface area (TPSA) is 47.6 Å². The molecule has 0 amide bonds. The number of ether oxygens (including phenoxy) is 2. The van der Waals surface area contributed by atoms with Crippen molar-refractivity contribution in [1.82, 2.24) is 5.32 Å². The first-order chi connectivity index (χ1) is 10.2. The second-order valence-electron chi connectivity index (χ2n) is 4.60. The van der Waals surface area contributed by atoms with Crippen LogP contribution in [0.1, 0.15) is 17.2 Å². The van der Waals surface area contributed by atoms with Crippen LogP contribution in [0.5, 0.6) is 5.75 Å². The highest BCUT2D eigenvalue weighted by Crippen LogP contribution is 2.19. The molecule has 2 rings (SSSR count). The molecule has 0 bridgehead atoms. The number of methoxy groups -OCH3 is 2. The van der Waals surface area contributed by atoms with Gasteiger partial charge in [-0.2, -0.15) is 0 Å². The minimum atomic E-state index is -0.499. The van der Waals surface area contributed by atoms with Crippen LogP contribution in [0.3, 0.4) is 0 Å². The van der Waals surface area contributed by atoms with Gasteiger partial charge in [-0.3, -0.25) is 5.32 Å². The van der Waals surface area contributed by atoms with Gasteiger partial charge >= 0.3 is 5.97 Å². The monoisotopic (exact) mass is 285 g/mol. The molecule has 0 aromatic heterocycles. The second-order valence-corrected chi connectivity index (χ2v) is 4.60. The molecular formula is C17H19NO3. The lowest BCUT2D eigenvalue weighted by atomic mass is 10.1. The molecule has 2 aromatic carbocycles. The largest absolute Gasteiger partial charge is 0.497 e. The minimum absolute atomic E-state index is 0.309. The van der Waals surface area contributed by atoms with Crippen LogP contribution >= 0.6 is 0 Å². The molecule has 0 aliphatic rings. The molecule has 0 radical (unpaired) electrons. The standard InChI is InChI=1S/C17H19NO3/c1-20-15-10-8-14(9-11-15)16(17(19)21-2)18-12-13-6-4-3-5-7-13/h3-11,16,18H,12H2,1-2H3. The van der Waals surface area contributed by atoms with E-state index in [0.29, 0.717) is 6.54 Å². The van der Waals surface area contributed by atoms with E-state index in [1.807, 2.05) is 54.6 Å². The van der Waals surface area contributed by atoms with Gasteiger partial charge in [0, 0.05) is 6.54 Å². The Kier molecular flexibility index (Phi) is 5.35. The predicted octanol–water partition coefficient (Wildman–Crippen LogP) is 2.70. The van der Waals surface area contributed by atoms with Crippen molar-refractivity contribution in [3.8, 4) is 5.75 Å². The fourth-order valence-corrected chi connectivity index (χ4v) is 2.07. The van der Waals surface area contributed by atoms with Crippen molar-refractivity contribution < 1.29 is 14.3 Å². The average molecular weight is 285 g/mol. The molecule has 0 aliphatic carbocycles. The normalized spacial score (nSPS) is 11.7. The number of hydrogen-bond acceptors (Lipinski definition) is 4. The van der Waals surface area contributed by atoms with Crippen LogP contribution in [-0.2, 0) is 16.1 Å². The number of carbonyl (C=O) groups excluding carboxylic acids is 1. The summed E-state index contributed by atoms with van der Waals surface area (Å²) in [5, 5.41) is 3.23. The Morgan fingerprint density at radius 1 is 1.05 bits per heavy atom. The highest BCUT2D eigenvalue weighted by atomic mass is 16.5. The minimum Gasteiger partial charge on any atom is -0.497 e. The Hall–Kier alpha value is -2.33. The molecule has 1 N–H and O–H groups in total. The highest BCUT2D eigenvalue weighted by molar-refractivity contribution is 5.77. The number of rotatable bonds is 6. The molecule has 4 nitrogen and oxygen atoms in total. The van der Waals surface area contributed by atoms with Gasteiger partial charge in [0.05, 0.1) is 14.2 Å². The molecule has 0 saturated heterocycles. The van der Waals surface area contributed by atoms with Gasteiger partial charge in [0.25, 0.3) is 0 Å². The summed E-state index contributed by atoms with van der Waals surface area (Å²) >= 11 is 0. The van der Waals surface area contributed by atoms with E-state index >= 15 is 0 Å². The molecule has 21 heavy (non-hydrogen) atoms. The van der Waals surface area contributed by atoms with Gasteiger partial charge in [-0.15, -0.1) is 0 Å². The summed E-state index contributed by atoms with van der Waals surface area (Å²) in [5.41, 5.74) is 1.96. The average Bonchev–Trinajstić information content (AvgIpc) is 2.56. The molecule has 4 heteroatoms. The number of nitrogens with one attached hydrogen (secondary N) is 1. The van der Waals surface area contributed by atoms with E-state index in [4.69, 9.17) is 9.47 Å². The van der Waals surface area contributed by atoms with E-state index < -0.39 is 6.04 Å². The van der Waals surface area contributed by atoms with Crippen LogP contribution in [0.15, 0.2) is 54.6 Å². The molecule has 110 valence electrons. The third-order valence-corrected chi connectivity index (χ3v) is 3.24. The van der Waals surface area contributed by atoms with Crippen molar-refractivity contribution in [2.24, 2.45) is 0 Å². The lowest BCUT2D eigenvalue weighted by molar-refractivity contribution is -0.143. The van der Waals surface area contributed by atoms with E-state index in [9.17, 15) is 4.79 Å².